The average Bonchev–Trinajstić information content (AvgIpc) is 3.50. The maximum Gasteiger partial charge on any atom is 0.416 e. The van der Waals surface area contributed by atoms with Crippen LogP contribution in [0.1, 0.15) is 21.6 Å². The van der Waals surface area contributed by atoms with Gasteiger partial charge in [-0.25, -0.2) is 4.98 Å². The zero-order chi connectivity index (χ0) is 23.4. The minimum atomic E-state index is -4.49. The van der Waals surface area contributed by atoms with E-state index in [0.717, 1.165) is 40.5 Å². The number of carbonyl (C=O) groups is 2. The molecular formula is C23H17F3N4O2S. The Morgan fingerprint density at radius 1 is 0.970 bits per heavy atom. The Morgan fingerprint density at radius 3 is 2.39 bits per heavy atom. The van der Waals surface area contributed by atoms with Crippen molar-refractivity contribution < 1.29 is 22.8 Å². The Hall–Kier alpha value is -3.92. The van der Waals surface area contributed by atoms with Crippen molar-refractivity contribution >= 4 is 23.2 Å². The summed E-state index contributed by atoms with van der Waals surface area (Å²) in [6, 6.07) is 15.4. The fourth-order valence-electron chi connectivity index (χ4n) is 3.04. The summed E-state index contributed by atoms with van der Waals surface area (Å²) in [6.07, 6.45) is -0.675. The van der Waals surface area contributed by atoms with Gasteiger partial charge in [0.25, 0.3) is 5.91 Å². The van der Waals surface area contributed by atoms with Crippen LogP contribution in [0.25, 0.3) is 16.3 Å². The molecule has 33 heavy (non-hydrogen) atoms. The fraction of sp³-hybridized carbons (Fsp3) is 0.0870. The van der Waals surface area contributed by atoms with Crippen molar-refractivity contribution in [2.45, 2.75) is 12.6 Å². The Morgan fingerprint density at radius 2 is 1.70 bits per heavy atom. The predicted molar refractivity (Wildman–Crippen MR) is 118 cm³/mol. The summed E-state index contributed by atoms with van der Waals surface area (Å²) in [5, 5.41) is 2.51. The lowest BCUT2D eigenvalue weighted by molar-refractivity contribution is -0.137. The van der Waals surface area contributed by atoms with E-state index in [4.69, 9.17) is 0 Å². The smallest absolute Gasteiger partial charge is 0.324 e. The van der Waals surface area contributed by atoms with E-state index in [1.165, 1.54) is 11.3 Å². The Kier molecular flexibility index (Phi) is 6.27. The molecule has 4 rings (SSSR count). The van der Waals surface area contributed by atoms with Crippen molar-refractivity contribution in [1.82, 2.24) is 20.4 Å². The molecule has 2 amide bonds. The van der Waals surface area contributed by atoms with Crippen molar-refractivity contribution in [3.63, 3.8) is 0 Å². The number of benzene rings is 2. The second-order valence-electron chi connectivity index (χ2n) is 7.04. The molecule has 0 saturated carbocycles. The molecule has 0 fully saturated rings. The molecule has 2 aromatic carbocycles. The van der Waals surface area contributed by atoms with Crippen LogP contribution in [0.2, 0.25) is 0 Å². The third-order valence-corrected chi connectivity index (χ3v) is 5.62. The predicted octanol–water partition coefficient (Wildman–Crippen LogP) is 4.62. The molecule has 0 aliphatic carbocycles. The van der Waals surface area contributed by atoms with Crippen LogP contribution in [0.5, 0.6) is 0 Å². The number of halogens is 3. The second-order valence-corrected chi connectivity index (χ2v) is 7.90. The lowest BCUT2D eigenvalue weighted by Crippen LogP contribution is -2.42. The molecule has 0 spiro atoms. The molecule has 10 heteroatoms. The number of hydrogen-bond acceptors (Lipinski definition) is 4. The van der Waals surface area contributed by atoms with Crippen LogP contribution in [0.4, 0.5) is 13.2 Å². The molecule has 0 aliphatic rings. The minimum absolute atomic E-state index is 0.0122. The van der Waals surface area contributed by atoms with Gasteiger partial charge in [0.2, 0.25) is 5.91 Å². The number of hydrogen-bond donors (Lipinski definition) is 2. The fourth-order valence-corrected chi connectivity index (χ4v) is 3.86. The van der Waals surface area contributed by atoms with Gasteiger partial charge in [0.05, 0.1) is 17.7 Å². The summed E-state index contributed by atoms with van der Waals surface area (Å²) in [7, 11) is 0. The monoisotopic (exact) mass is 470 g/mol. The van der Waals surface area contributed by atoms with Gasteiger partial charge in [0, 0.05) is 34.6 Å². The number of nitrogens with zero attached hydrogens (tertiary/aromatic N) is 2. The van der Waals surface area contributed by atoms with Crippen molar-refractivity contribution in [2.75, 3.05) is 0 Å². The van der Waals surface area contributed by atoms with E-state index < -0.39 is 23.6 Å². The Balaban J connectivity index is 1.34. The van der Waals surface area contributed by atoms with Gasteiger partial charge in [-0.15, -0.1) is 11.3 Å². The maximum atomic E-state index is 12.6. The van der Waals surface area contributed by atoms with Crippen LogP contribution < -0.4 is 10.9 Å². The van der Waals surface area contributed by atoms with Crippen molar-refractivity contribution in [1.29, 1.82) is 0 Å². The van der Waals surface area contributed by atoms with Crippen LogP contribution in [0.15, 0.2) is 78.4 Å². The number of amides is 2. The molecule has 0 unspecified atom stereocenters. The van der Waals surface area contributed by atoms with Crippen molar-refractivity contribution in [3.8, 4) is 16.3 Å². The third kappa shape index (κ3) is 5.47. The van der Waals surface area contributed by atoms with E-state index in [-0.39, 0.29) is 12.0 Å². The van der Waals surface area contributed by atoms with Gasteiger partial charge in [0.15, 0.2) is 0 Å². The molecule has 0 bridgehead atoms. The van der Waals surface area contributed by atoms with Gasteiger partial charge in [-0.3, -0.25) is 20.4 Å². The first-order valence-corrected chi connectivity index (χ1v) is 10.6. The van der Waals surface area contributed by atoms with Crippen LogP contribution in [0.3, 0.4) is 0 Å². The highest BCUT2D eigenvalue weighted by atomic mass is 32.1. The van der Waals surface area contributed by atoms with E-state index >= 15 is 0 Å². The maximum absolute atomic E-state index is 12.6. The van der Waals surface area contributed by atoms with Gasteiger partial charge in [-0.2, -0.15) is 13.2 Å². The van der Waals surface area contributed by atoms with Gasteiger partial charge in [-0.05, 0) is 48.5 Å². The lowest BCUT2D eigenvalue weighted by Gasteiger charge is -2.09. The number of nitrogens with one attached hydrogen (secondary N) is 2. The molecule has 2 N–H and O–H groups in total. The van der Waals surface area contributed by atoms with E-state index in [1.54, 1.807) is 5.38 Å². The molecule has 4 aromatic rings. The first-order chi connectivity index (χ1) is 15.8. The summed E-state index contributed by atoms with van der Waals surface area (Å²) in [4.78, 5) is 28.7. The molecule has 0 saturated heterocycles. The molecule has 0 atom stereocenters. The number of hydrazine groups is 1. The standard InChI is InChI=1S/C23H17F3N4O2S/c24-23(25,26)17-8-6-15(7-9-17)21(32)29-28-20(31)13-18-14-33-22(27-18)16-4-3-5-19(12-16)30-10-1-2-11-30/h1-12,14H,13H2,(H,28,31)(H,29,32). The van der Waals surface area contributed by atoms with Gasteiger partial charge in [0.1, 0.15) is 5.01 Å². The van der Waals surface area contributed by atoms with Crippen molar-refractivity contribution in [3.05, 3.63) is 95.3 Å². The van der Waals surface area contributed by atoms with E-state index in [9.17, 15) is 22.8 Å². The highest BCUT2D eigenvalue weighted by Gasteiger charge is 2.30. The number of alkyl halides is 3. The van der Waals surface area contributed by atoms with E-state index in [2.05, 4.69) is 15.8 Å². The molecule has 0 aliphatic heterocycles. The first-order valence-electron chi connectivity index (χ1n) is 9.74. The molecule has 0 radical (unpaired) electrons. The summed E-state index contributed by atoms with van der Waals surface area (Å²) in [5.41, 5.74) is 6.00. The Labute approximate surface area is 190 Å². The summed E-state index contributed by atoms with van der Waals surface area (Å²) < 4.78 is 39.8. The van der Waals surface area contributed by atoms with Crippen LogP contribution in [-0.4, -0.2) is 21.4 Å². The first kappa shape index (κ1) is 22.3. The zero-order valence-corrected chi connectivity index (χ0v) is 17.8. The number of thiazole rings is 1. The van der Waals surface area contributed by atoms with Crippen LogP contribution in [-0.2, 0) is 17.4 Å². The minimum Gasteiger partial charge on any atom is -0.324 e. The number of rotatable bonds is 5. The average molecular weight is 470 g/mol. The summed E-state index contributed by atoms with van der Waals surface area (Å²) >= 11 is 1.40. The molecule has 168 valence electrons. The van der Waals surface area contributed by atoms with Crippen LogP contribution >= 0.6 is 11.3 Å². The van der Waals surface area contributed by atoms with E-state index in [0.29, 0.717) is 5.69 Å². The number of carbonyl (C=O) groups excluding carboxylic acids is 2. The normalized spacial score (nSPS) is 11.2. The lowest BCUT2D eigenvalue weighted by atomic mass is 10.1. The molecule has 2 aromatic heterocycles. The summed E-state index contributed by atoms with van der Waals surface area (Å²) in [5.74, 6) is -1.23. The molecular weight excluding hydrogens is 453 g/mol. The molecule has 6 nitrogen and oxygen atoms in total. The van der Waals surface area contributed by atoms with Crippen LogP contribution in [0, 0.1) is 0 Å². The Bertz CT molecular complexity index is 1270. The third-order valence-electron chi connectivity index (χ3n) is 4.68. The summed E-state index contributed by atoms with van der Waals surface area (Å²) in [6.45, 7) is 0. The SMILES string of the molecule is O=C(Cc1csc(-c2cccc(-n3cccc3)c2)n1)NNC(=O)c1ccc(C(F)(F)F)cc1. The van der Waals surface area contributed by atoms with Gasteiger partial charge >= 0.3 is 6.18 Å². The quantitative estimate of drug-likeness (QED) is 0.418. The van der Waals surface area contributed by atoms with Crippen molar-refractivity contribution in [2.24, 2.45) is 0 Å². The van der Waals surface area contributed by atoms with E-state index in [1.807, 2.05) is 53.4 Å². The molecule has 2 heterocycles. The second kappa shape index (κ2) is 9.29. The van der Waals surface area contributed by atoms with Gasteiger partial charge in [-0.1, -0.05) is 12.1 Å². The largest absolute Gasteiger partial charge is 0.416 e. The van der Waals surface area contributed by atoms with Gasteiger partial charge < -0.3 is 4.57 Å². The highest BCUT2D eigenvalue weighted by molar-refractivity contribution is 7.13. The zero-order valence-electron chi connectivity index (χ0n) is 17.0. The number of aromatic nitrogens is 2. The highest BCUT2D eigenvalue weighted by Crippen LogP contribution is 2.29. The topological polar surface area (TPSA) is 76.0 Å².